The maximum Gasteiger partial charge on any atom is 0.277 e. The van der Waals surface area contributed by atoms with E-state index in [-0.39, 0.29) is 5.91 Å². The number of hydrogen-bond acceptors (Lipinski definition) is 6. The molecule has 30 heavy (non-hydrogen) atoms. The fourth-order valence-corrected chi connectivity index (χ4v) is 5.71. The molecule has 0 bridgehead atoms. The largest absolute Gasteiger partial charge is 0.337 e. The third kappa shape index (κ3) is 4.02. The van der Waals surface area contributed by atoms with Gasteiger partial charge in [0.15, 0.2) is 11.6 Å². The Morgan fingerprint density at radius 1 is 1.07 bits per heavy atom. The van der Waals surface area contributed by atoms with Gasteiger partial charge in [-0.3, -0.25) is 4.79 Å². The fourth-order valence-electron chi connectivity index (χ4n) is 4.54. The lowest BCUT2D eigenvalue weighted by atomic mass is 10.0. The number of nitrogens with zero attached hydrogens (tertiary/aromatic N) is 5. The smallest absolute Gasteiger partial charge is 0.277 e. The highest BCUT2D eigenvalue weighted by Gasteiger charge is 2.34. The molecule has 0 radical (unpaired) electrons. The van der Waals surface area contributed by atoms with Gasteiger partial charge in [0.1, 0.15) is 6.04 Å². The van der Waals surface area contributed by atoms with E-state index in [1.807, 2.05) is 17.0 Å². The van der Waals surface area contributed by atoms with Gasteiger partial charge in [-0.2, -0.15) is 0 Å². The molecular weight excluding hydrogens is 396 g/mol. The van der Waals surface area contributed by atoms with Gasteiger partial charge in [0.05, 0.1) is 16.8 Å². The van der Waals surface area contributed by atoms with E-state index in [1.54, 1.807) is 23.7 Å². The number of fused-ring (bicyclic) bond motifs is 1. The third-order valence-corrected chi connectivity index (χ3v) is 7.34. The van der Waals surface area contributed by atoms with Gasteiger partial charge in [0.2, 0.25) is 5.95 Å². The molecule has 1 aromatic carbocycles. The van der Waals surface area contributed by atoms with Crippen molar-refractivity contribution in [3.8, 4) is 0 Å². The van der Waals surface area contributed by atoms with Crippen molar-refractivity contribution in [1.82, 2.24) is 19.9 Å². The number of thiazole rings is 1. The highest BCUT2D eigenvalue weighted by Crippen LogP contribution is 2.28. The van der Waals surface area contributed by atoms with Gasteiger partial charge in [-0.15, -0.1) is 11.3 Å². The van der Waals surface area contributed by atoms with E-state index < -0.39 is 0 Å². The number of likely N-dealkylation sites (tertiary alicyclic amines) is 1. The minimum atomic E-state index is 0.256. The number of aromatic nitrogens is 3. The topological polar surface area (TPSA) is 66.7 Å². The molecule has 2 aliphatic rings. The molecule has 0 aliphatic carbocycles. The normalized spacial score (nSPS) is 22.4. The average molecular weight is 424 g/mol. The molecule has 1 unspecified atom stereocenters. The minimum absolute atomic E-state index is 0.256. The lowest BCUT2D eigenvalue weighted by molar-refractivity contribution is -0.929. The summed E-state index contributed by atoms with van der Waals surface area (Å²) in [5.41, 5.74) is 1.08. The standard InChI is InChI=1S/C22H26N6OS/c29-20(26-12-14-27(15-13-26)22-23-9-5-10-24-22)16-28-11-4-3-7-18(28)21-25-17-6-1-2-8-19(17)30-21/h1-2,5-6,8-10,18H,3-4,7,11-16H2/p+1/t18-/m1/s1. The second kappa shape index (κ2) is 8.65. The van der Waals surface area contributed by atoms with E-state index in [0.29, 0.717) is 12.6 Å². The molecule has 0 saturated carbocycles. The molecule has 7 nitrogen and oxygen atoms in total. The first kappa shape index (κ1) is 19.4. The number of carbonyl (C=O) groups excluding carboxylic acids is 1. The molecule has 2 aromatic heterocycles. The highest BCUT2D eigenvalue weighted by atomic mass is 32.1. The molecule has 156 valence electrons. The predicted octanol–water partition coefficient (Wildman–Crippen LogP) is 1.54. The summed E-state index contributed by atoms with van der Waals surface area (Å²) in [5, 5.41) is 1.18. The molecule has 2 atom stereocenters. The third-order valence-electron chi connectivity index (χ3n) is 6.19. The molecule has 8 heteroatoms. The number of piperidine rings is 1. The Bertz CT molecular complexity index is 968. The van der Waals surface area contributed by atoms with Crippen molar-refractivity contribution in [1.29, 1.82) is 0 Å². The minimum Gasteiger partial charge on any atom is -0.337 e. The van der Waals surface area contributed by atoms with Crippen molar-refractivity contribution in [3.05, 3.63) is 47.7 Å². The summed E-state index contributed by atoms with van der Waals surface area (Å²) < 4.78 is 1.24. The van der Waals surface area contributed by atoms with Crippen molar-refractivity contribution in [3.63, 3.8) is 0 Å². The van der Waals surface area contributed by atoms with Crippen LogP contribution in [0.1, 0.15) is 30.3 Å². The molecule has 2 aliphatic heterocycles. The van der Waals surface area contributed by atoms with Crippen molar-refractivity contribution in [2.24, 2.45) is 0 Å². The van der Waals surface area contributed by atoms with Gasteiger partial charge >= 0.3 is 0 Å². The molecule has 4 heterocycles. The summed E-state index contributed by atoms with van der Waals surface area (Å²) in [6.07, 6.45) is 7.04. The Balaban J connectivity index is 1.23. The number of piperazine rings is 1. The number of hydrogen-bond donors (Lipinski definition) is 1. The maximum atomic E-state index is 13.1. The van der Waals surface area contributed by atoms with Crippen molar-refractivity contribution in [2.75, 3.05) is 44.2 Å². The summed E-state index contributed by atoms with van der Waals surface area (Å²) in [6.45, 7) is 4.64. The number of benzene rings is 1. The van der Waals surface area contributed by atoms with Gasteiger partial charge in [-0.05, 0) is 31.0 Å². The van der Waals surface area contributed by atoms with Crippen LogP contribution in [0.2, 0.25) is 0 Å². The zero-order valence-electron chi connectivity index (χ0n) is 17.0. The number of quaternary nitrogens is 1. The van der Waals surface area contributed by atoms with Crippen LogP contribution in [0.4, 0.5) is 5.95 Å². The molecule has 0 spiro atoms. The molecule has 1 N–H and O–H groups in total. The van der Waals surface area contributed by atoms with Crippen LogP contribution in [0.15, 0.2) is 42.7 Å². The Hall–Kier alpha value is -2.58. The first-order valence-electron chi connectivity index (χ1n) is 10.8. The number of nitrogens with one attached hydrogen (secondary N) is 1. The summed E-state index contributed by atoms with van der Waals surface area (Å²) in [5.74, 6) is 1.01. The van der Waals surface area contributed by atoms with Crippen LogP contribution in [0.3, 0.4) is 0 Å². The molecule has 1 amide bonds. The van der Waals surface area contributed by atoms with Gasteiger partial charge in [0.25, 0.3) is 5.91 Å². The molecule has 2 saturated heterocycles. The number of rotatable bonds is 4. The van der Waals surface area contributed by atoms with Crippen LogP contribution < -0.4 is 9.80 Å². The zero-order valence-corrected chi connectivity index (χ0v) is 17.9. The van der Waals surface area contributed by atoms with Crippen LogP contribution in [0, 0.1) is 0 Å². The Morgan fingerprint density at radius 3 is 2.67 bits per heavy atom. The number of anilines is 1. The van der Waals surface area contributed by atoms with Crippen molar-refractivity contribution in [2.45, 2.75) is 25.3 Å². The second-order valence-corrected chi connectivity index (χ2v) is 9.13. The van der Waals surface area contributed by atoms with Gasteiger partial charge in [-0.25, -0.2) is 15.0 Å². The van der Waals surface area contributed by atoms with E-state index in [1.165, 1.54) is 27.4 Å². The predicted molar refractivity (Wildman–Crippen MR) is 118 cm³/mol. The van der Waals surface area contributed by atoms with E-state index in [4.69, 9.17) is 4.98 Å². The SMILES string of the molecule is O=C(C[NH+]1CCCC[C@@H]1c1nc2ccccc2s1)N1CCN(c2ncccn2)CC1. The van der Waals surface area contributed by atoms with Crippen LogP contribution in [-0.2, 0) is 4.79 Å². The van der Waals surface area contributed by atoms with Crippen LogP contribution in [0.25, 0.3) is 10.2 Å². The van der Waals surface area contributed by atoms with E-state index >= 15 is 0 Å². The van der Waals surface area contributed by atoms with Crippen LogP contribution in [0.5, 0.6) is 0 Å². The Kier molecular flexibility index (Phi) is 5.59. The zero-order chi connectivity index (χ0) is 20.3. The van der Waals surface area contributed by atoms with Crippen molar-refractivity contribution >= 4 is 33.4 Å². The van der Waals surface area contributed by atoms with E-state index in [2.05, 4.69) is 33.1 Å². The summed E-state index contributed by atoms with van der Waals surface area (Å²) >= 11 is 1.79. The highest BCUT2D eigenvalue weighted by molar-refractivity contribution is 7.18. The van der Waals surface area contributed by atoms with E-state index in [0.717, 1.165) is 50.6 Å². The average Bonchev–Trinajstić information content (AvgIpc) is 3.24. The van der Waals surface area contributed by atoms with Crippen LogP contribution >= 0.6 is 11.3 Å². The van der Waals surface area contributed by atoms with Gasteiger partial charge in [-0.1, -0.05) is 12.1 Å². The maximum absolute atomic E-state index is 13.1. The Morgan fingerprint density at radius 2 is 1.87 bits per heavy atom. The summed E-state index contributed by atoms with van der Waals surface area (Å²) in [4.78, 5) is 32.2. The first-order valence-corrected chi connectivity index (χ1v) is 11.6. The Labute approximate surface area is 180 Å². The monoisotopic (exact) mass is 423 g/mol. The molecule has 3 aromatic rings. The van der Waals surface area contributed by atoms with Gasteiger partial charge < -0.3 is 14.7 Å². The number of para-hydroxylation sites is 1. The molecular formula is C22H27N6OS+. The van der Waals surface area contributed by atoms with Crippen LogP contribution in [-0.4, -0.2) is 65.0 Å². The molecule has 5 rings (SSSR count). The number of amides is 1. The number of carbonyl (C=O) groups is 1. The fraction of sp³-hybridized carbons (Fsp3) is 0.455. The molecule has 2 fully saturated rings. The lowest BCUT2D eigenvalue weighted by Crippen LogP contribution is -3.14. The second-order valence-electron chi connectivity index (χ2n) is 8.07. The summed E-state index contributed by atoms with van der Waals surface area (Å²) in [7, 11) is 0. The van der Waals surface area contributed by atoms with Gasteiger partial charge in [0, 0.05) is 45.0 Å². The lowest BCUT2D eigenvalue weighted by Gasteiger charge is -2.36. The first-order chi connectivity index (χ1) is 14.8. The quantitative estimate of drug-likeness (QED) is 0.690. The van der Waals surface area contributed by atoms with Crippen molar-refractivity contribution < 1.29 is 9.69 Å². The van der Waals surface area contributed by atoms with E-state index in [9.17, 15) is 4.79 Å². The summed E-state index contributed by atoms with van der Waals surface area (Å²) in [6, 6.07) is 10.5.